The molecule has 0 aliphatic carbocycles. The first kappa shape index (κ1) is 15.2. The van der Waals surface area contributed by atoms with Gasteiger partial charge in [0.15, 0.2) is 0 Å². The Hall–Kier alpha value is -0.830. The number of amides is 1. The summed E-state index contributed by atoms with van der Waals surface area (Å²) in [7, 11) is 0. The molecule has 1 aliphatic heterocycles. The second-order valence-corrected chi connectivity index (χ2v) is 5.10. The molecule has 0 bridgehead atoms. The number of carbonyl (C=O) groups excluding carboxylic acids is 1. The number of nitrogens with one attached hydrogen (secondary N) is 2. The highest BCUT2D eigenvalue weighted by Gasteiger charge is 2.15. The van der Waals surface area contributed by atoms with Gasteiger partial charge in [-0.1, -0.05) is 38.3 Å². The molecule has 0 saturated heterocycles. The molecule has 104 valence electrons. The Morgan fingerprint density at radius 2 is 2.33 bits per heavy atom. The monoisotopic (exact) mass is 252 g/mol. The van der Waals surface area contributed by atoms with E-state index in [2.05, 4.69) is 30.6 Å². The zero-order chi connectivity index (χ0) is 13.2. The fourth-order valence-electron chi connectivity index (χ4n) is 2.36. The summed E-state index contributed by atoms with van der Waals surface area (Å²) in [5.74, 6) is 0.465. The molecule has 0 aromatic carbocycles. The van der Waals surface area contributed by atoms with E-state index in [1.807, 2.05) is 0 Å². The lowest BCUT2D eigenvalue weighted by atomic mass is 9.98. The highest BCUT2D eigenvalue weighted by molar-refractivity contribution is 5.78. The average Bonchev–Trinajstić information content (AvgIpc) is 2.41. The van der Waals surface area contributed by atoms with Gasteiger partial charge >= 0.3 is 0 Å². The lowest BCUT2D eigenvalue weighted by Gasteiger charge is -2.17. The van der Waals surface area contributed by atoms with Crippen LogP contribution in [0.2, 0.25) is 0 Å². The van der Waals surface area contributed by atoms with Crippen LogP contribution in [-0.4, -0.2) is 25.5 Å². The van der Waals surface area contributed by atoms with E-state index < -0.39 is 0 Å². The minimum atomic E-state index is 0.215. The smallest absolute Gasteiger partial charge is 0.223 e. The predicted molar refractivity (Wildman–Crippen MR) is 76.5 cm³/mol. The number of carbonyl (C=O) groups is 1. The molecular formula is C15H28N2O. The van der Waals surface area contributed by atoms with Crippen molar-refractivity contribution >= 4 is 5.91 Å². The fraction of sp³-hybridized carbons (Fsp3) is 0.800. The molecule has 0 fully saturated rings. The van der Waals surface area contributed by atoms with Crippen LogP contribution in [0, 0.1) is 5.92 Å². The lowest BCUT2D eigenvalue weighted by Crippen LogP contribution is -2.32. The van der Waals surface area contributed by atoms with Crippen molar-refractivity contribution < 1.29 is 4.79 Å². The van der Waals surface area contributed by atoms with E-state index in [9.17, 15) is 4.79 Å². The normalized spacial score (nSPS) is 17.1. The number of unbranched alkanes of at least 4 members (excludes halogenated alkanes) is 1. The molecule has 1 atom stereocenters. The topological polar surface area (TPSA) is 41.1 Å². The van der Waals surface area contributed by atoms with Crippen LogP contribution in [0.25, 0.3) is 0 Å². The number of rotatable bonds is 8. The second kappa shape index (κ2) is 9.15. The Morgan fingerprint density at radius 1 is 1.50 bits per heavy atom. The minimum absolute atomic E-state index is 0.215. The van der Waals surface area contributed by atoms with E-state index in [-0.39, 0.29) is 11.8 Å². The molecule has 0 saturated carbocycles. The van der Waals surface area contributed by atoms with Gasteiger partial charge in [0.25, 0.3) is 0 Å². The van der Waals surface area contributed by atoms with Gasteiger partial charge in [0.2, 0.25) is 5.91 Å². The Labute approximate surface area is 111 Å². The zero-order valence-electron chi connectivity index (χ0n) is 11.9. The molecule has 0 spiro atoms. The van der Waals surface area contributed by atoms with Gasteiger partial charge in [-0.3, -0.25) is 4.79 Å². The summed E-state index contributed by atoms with van der Waals surface area (Å²) in [4.78, 5) is 12.0. The molecular weight excluding hydrogens is 224 g/mol. The maximum Gasteiger partial charge on any atom is 0.223 e. The zero-order valence-corrected chi connectivity index (χ0v) is 11.9. The van der Waals surface area contributed by atoms with Gasteiger partial charge in [0.05, 0.1) is 0 Å². The van der Waals surface area contributed by atoms with Crippen LogP contribution < -0.4 is 10.6 Å². The number of hydrogen-bond acceptors (Lipinski definition) is 2. The fourth-order valence-corrected chi connectivity index (χ4v) is 2.36. The van der Waals surface area contributed by atoms with Crippen molar-refractivity contribution in [1.82, 2.24) is 10.6 Å². The summed E-state index contributed by atoms with van der Waals surface area (Å²) in [6, 6.07) is 0. The summed E-state index contributed by atoms with van der Waals surface area (Å²) in [5.41, 5.74) is 1.48. The minimum Gasteiger partial charge on any atom is -0.356 e. The van der Waals surface area contributed by atoms with E-state index in [0.29, 0.717) is 0 Å². The van der Waals surface area contributed by atoms with E-state index in [4.69, 9.17) is 0 Å². The molecule has 1 unspecified atom stereocenters. The van der Waals surface area contributed by atoms with Gasteiger partial charge < -0.3 is 10.6 Å². The van der Waals surface area contributed by atoms with E-state index in [1.165, 1.54) is 12.0 Å². The van der Waals surface area contributed by atoms with Gasteiger partial charge in [0, 0.05) is 19.0 Å². The third-order valence-corrected chi connectivity index (χ3v) is 3.67. The molecule has 18 heavy (non-hydrogen) atoms. The molecule has 2 N–H and O–H groups in total. The van der Waals surface area contributed by atoms with Crippen LogP contribution in [0.15, 0.2) is 11.6 Å². The summed E-state index contributed by atoms with van der Waals surface area (Å²) in [6.07, 6.45) is 8.71. The van der Waals surface area contributed by atoms with Crippen molar-refractivity contribution in [2.24, 2.45) is 5.92 Å². The molecule has 1 amide bonds. The first-order valence-electron chi connectivity index (χ1n) is 7.44. The summed E-state index contributed by atoms with van der Waals surface area (Å²) in [6.45, 7) is 7.14. The molecule has 0 radical (unpaired) electrons. The standard InChI is InChI=1S/C15H28N2O/c1-3-5-6-14(4-2)15(18)17-12-9-13-7-10-16-11-8-13/h7,14,16H,3-6,8-12H2,1-2H3,(H,17,18). The highest BCUT2D eigenvalue weighted by atomic mass is 16.1. The molecule has 1 rings (SSSR count). The van der Waals surface area contributed by atoms with Crippen molar-refractivity contribution in [3.05, 3.63) is 11.6 Å². The Kier molecular flexibility index (Phi) is 7.74. The average molecular weight is 252 g/mol. The largest absolute Gasteiger partial charge is 0.356 e. The van der Waals surface area contributed by atoms with Crippen molar-refractivity contribution in [3.63, 3.8) is 0 Å². The van der Waals surface area contributed by atoms with Crippen LogP contribution >= 0.6 is 0 Å². The van der Waals surface area contributed by atoms with Crippen LogP contribution in [0.3, 0.4) is 0 Å². The Bertz CT molecular complexity index is 274. The van der Waals surface area contributed by atoms with E-state index in [0.717, 1.165) is 51.7 Å². The van der Waals surface area contributed by atoms with E-state index >= 15 is 0 Å². The van der Waals surface area contributed by atoms with Crippen molar-refractivity contribution in [2.75, 3.05) is 19.6 Å². The van der Waals surface area contributed by atoms with E-state index in [1.54, 1.807) is 0 Å². The third kappa shape index (κ3) is 5.67. The first-order chi connectivity index (χ1) is 8.77. The number of hydrogen-bond donors (Lipinski definition) is 2. The molecule has 3 heteroatoms. The summed E-state index contributed by atoms with van der Waals surface area (Å²) >= 11 is 0. The van der Waals surface area contributed by atoms with Gasteiger partial charge in [-0.2, -0.15) is 0 Å². The molecule has 1 aliphatic rings. The van der Waals surface area contributed by atoms with Crippen molar-refractivity contribution in [3.8, 4) is 0 Å². The Balaban J connectivity index is 2.20. The summed E-state index contributed by atoms with van der Waals surface area (Å²) in [5, 5.41) is 6.39. The first-order valence-corrected chi connectivity index (χ1v) is 7.44. The SMILES string of the molecule is CCCCC(CC)C(=O)NCCC1=CCNCC1. The quantitative estimate of drug-likeness (QED) is 0.652. The summed E-state index contributed by atoms with van der Waals surface area (Å²) < 4.78 is 0. The highest BCUT2D eigenvalue weighted by Crippen LogP contribution is 2.13. The maximum atomic E-state index is 12.0. The van der Waals surface area contributed by atoms with Crippen molar-refractivity contribution in [2.45, 2.75) is 52.4 Å². The van der Waals surface area contributed by atoms with Gasteiger partial charge in [-0.25, -0.2) is 0 Å². The molecule has 1 heterocycles. The Morgan fingerprint density at radius 3 is 2.94 bits per heavy atom. The molecule has 0 aromatic heterocycles. The van der Waals surface area contributed by atoms with Crippen LogP contribution in [0.5, 0.6) is 0 Å². The lowest BCUT2D eigenvalue weighted by molar-refractivity contribution is -0.125. The van der Waals surface area contributed by atoms with Gasteiger partial charge in [0.1, 0.15) is 0 Å². The molecule has 3 nitrogen and oxygen atoms in total. The predicted octanol–water partition coefficient (Wildman–Crippen LogP) is 2.63. The second-order valence-electron chi connectivity index (χ2n) is 5.10. The van der Waals surface area contributed by atoms with Crippen LogP contribution in [0.4, 0.5) is 0 Å². The molecule has 0 aromatic rings. The van der Waals surface area contributed by atoms with Crippen LogP contribution in [0.1, 0.15) is 52.4 Å². The maximum absolute atomic E-state index is 12.0. The van der Waals surface area contributed by atoms with Gasteiger partial charge in [-0.05, 0) is 32.2 Å². The van der Waals surface area contributed by atoms with Gasteiger partial charge in [-0.15, -0.1) is 0 Å². The third-order valence-electron chi connectivity index (χ3n) is 3.67. The van der Waals surface area contributed by atoms with Crippen LogP contribution in [-0.2, 0) is 4.79 Å². The van der Waals surface area contributed by atoms with Crippen molar-refractivity contribution in [1.29, 1.82) is 0 Å².